The summed E-state index contributed by atoms with van der Waals surface area (Å²) in [6.07, 6.45) is 7.93. The van der Waals surface area contributed by atoms with Gasteiger partial charge in [-0.15, -0.1) is 0 Å². The maximum Gasteiger partial charge on any atom is 0.135 e. The maximum absolute atomic E-state index is 6.58. The van der Waals surface area contributed by atoms with Gasteiger partial charge in [-0.25, -0.2) is 0 Å². The second-order valence-electron chi connectivity index (χ2n) is 16.1. The van der Waals surface area contributed by atoms with Crippen molar-refractivity contribution >= 4 is 50.4 Å². The van der Waals surface area contributed by atoms with Crippen LogP contribution < -0.4 is 9.80 Å². The molecule has 1 aliphatic rings. The number of furan rings is 1. The van der Waals surface area contributed by atoms with Crippen molar-refractivity contribution in [1.82, 2.24) is 0 Å². The number of hydrogen-bond donors (Lipinski definition) is 0. The van der Waals surface area contributed by atoms with Crippen molar-refractivity contribution < 1.29 is 4.42 Å². The molecule has 1 aromatic heterocycles. The quantitative estimate of drug-likeness (QED) is 0.137. The van der Waals surface area contributed by atoms with Crippen LogP contribution in [0.5, 0.6) is 0 Å². The summed E-state index contributed by atoms with van der Waals surface area (Å²) in [7, 11) is 0. The largest absolute Gasteiger partial charge is 0.456 e. The van der Waals surface area contributed by atoms with E-state index < -0.39 is 0 Å². The molecule has 0 spiro atoms. The fourth-order valence-electron chi connectivity index (χ4n) is 8.95. The van der Waals surface area contributed by atoms with E-state index in [9.17, 15) is 0 Å². The first-order chi connectivity index (χ1) is 31.2. The zero-order chi connectivity index (χ0) is 42.0. The van der Waals surface area contributed by atoms with E-state index in [0.717, 1.165) is 62.5 Å². The molecule has 0 saturated heterocycles. The molecule has 1 heterocycles. The number of fused-ring (bicyclic) bond motifs is 3. The van der Waals surface area contributed by atoms with Crippen LogP contribution in [0.3, 0.4) is 0 Å². The van der Waals surface area contributed by atoms with Gasteiger partial charge >= 0.3 is 0 Å². The van der Waals surface area contributed by atoms with E-state index in [1.165, 1.54) is 38.9 Å². The predicted octanol–water partition coefficient (Wildman–Crippen LogP) is 16.8. The molecule has 0 amide bonds. The molecule has 11 rings (SSSR count). The van der Waals surface area contributed by atoms with Gasteiger partial charge in [0, 0.05) is 50.8 Å². The minimum atomic E-state index is 0.336. The van der Waals surface area contributed by atoms with Gasteiger partial charge in [0.15, 0.2) is 0 Å². The molecule has 9 aromatic carbocycles. The van der Waals surface area contributed by atoms with Gasteiger partial charge in [0.25, 0.3) is 0 Å². The molecule has 1 aliphatic carbocycles. The average Bonchev–Trinajstić information content (AvgIpc) is 3.73. The van der Waals surface area contributed by atoms with Gasteiger partial charge in [-0.2, -0.15) is 0 Å². The van der Waals surface area contributed by atoms with Gasteiger partial charge in [-0.1, -0.05) is 170 Å². The van der Waals surface area contributed by atoms with Crippen LogP contribution in [0.4, 0.5) is 28.4 Å². The van der Waals surface area contributed by atoms with Gasteiger partial charge in [-0.3, -0.25) is 0 Å². The van der Waals surface area contributed by atoms with Gasteiger partial charge in [0.1, 0.15) is 11.2 Å². The summed E-state index contributed by atoms with van der Waals surface area (Å²) in [5.74, 6) is 0.336. The van der Waals surface area contributed by atoms with Crippen molar-refractivity contribution in [3.05, 3.63) is 260 Å². The van der Waals surface area contributed by atoms with Gasteiger partial charge in [0.2, 0.25) is 0 Å². The average molecular weight is 809 g/mol. The number of anilines is 5. The van der Waals surface area contributed by atoms with Crippen LogP contribution in [0.2, 0.25) is 0 Å². The van der Waals surface area contributed by atoms with Crippen molar-refractivity contribution in [1.29, 1.82) is 0 Å². The molecule has 0 bridgehead atoms. The van der Waals surface area contributed by atoms with E-state index in [4.69, 9.17) is 4.42 Å². The van der Waals surface area contributed by atoms with E-state index in [0.29, 0.717) is 5.92 Å². The lowest BCUT2D eigenvalue weighted by atomic mass is 9.91. The Bertz CT molecular complexity index is 3120. The third kappa shape index (κ3) is 7.62. The van der Waals surface area contributed by atoms with Crippen molar-refractivity contribution in [3.63, 3.8) is 0 Å². The van der Waals surface area contributed by atoms with Crippen LogP contribution in [-0.2, 0) is 0 Å². The van der Waals surface area contributed by atoms with Crippen molar-refractivity contribution in [2.24, 2.45) is 0 Å². The number of rotatable bonds is 10. The van der Waals surface area contributed by atoms with Crippen LogP contribution in [0, 0.1) is 0 Å². The summed E-state index contributed by atoms with van der Waals surface area (Å²) in [5, 5.41) is 2.13. The number of nitrogens with zero attached hydrogens (tertiary/aromatic N) is 2. The highest BCUT2D eigenvalue weighted by Gasteiger charge is 2.21. The minimum Gasteiger partial charge on any atom is -0.456 e. The number of benzene rings is 9. The normalized spacial score (nSPS) is 13.5. The zero-order valence-corrected chi connectivity index (χ0v) is 34.8. The van der Waals surface area contributed by atoms with Gasteiger partial charge in [0.05, 0.1) is 0 Å². The fraction of sp³-hybridized carbons (Fsp3) is 0.0333. The van der Waals surface area contributed by atoms with E-state index in [1.807, 2.05) is 0 Å². The van der Waals surface area contributed by atoms with E-state index in [2.05, 4.69) is 259 Å². The Kier molecular flexibility index (Phi) is 10.0. The SMILES string of the molecule is C1=C[C@H](c2ccccc2)CC=C1N(c1ccc(-c2ccccc2)cc1)c1ccc2oc3ccc(N(c4ccc(-c5ccccc5)cc4)c4ccc(-c5ccccc5)cc4)cc3c2c1. The maximum atomic E-state index is 6.58. The van der Waals surface area contributed by atoms with E-state index >= 15 is 0 Å². The zero-order valence-electron chi connectivity index (χ0n) is 34.8. The summed E-state index contributed by atoms with van der Waals surface area (Å²) in [4.78, 5) is 4.72. The first-order valence-electron chi connectivity index (χ1n) is 21.7. The highest BCUT2D eigenvalue weighted by molar-refractivity contribution is 6.08. The van der Waals surface area contributed by atoms with E-state index in [1.54, 1.807) is 0 Å². The molecule has 0 aliphatic heterocycles. The molecule has 1 atom stereocenters. The van der Waals surface area contributed by atoms with Crippen LogP contribution in [0.15, 0.2) is 259 Å². The lowest BCUT2D eigenvalue weighted by Gasteiger charge is -2.29. The second kappa shape index (κ2) is 16.7. The number of hydrogen-bond acceptors (Lipinski definition) is 3. The Morgan fingerprint density at radius 3 is 1.13 bits per heavy atom. The van der Waals surface area contributed by atoms with Crippen LogP contribution in [-0.4, -0.2) is 0 Å². The van der Waals surface area contributed by atoms with Crippen molar-refractivity contribution in [3.8, 4) is 33.4 Å². The lowest BCUT2D eigenvalue weighted by molar-refractivity contribution is 0.669. The summed E-state index contributed by atoms with van der Waals surface area (Å²) < 4.78 is 6.58. The predicted molar refractivity (Wildman–Crippen MR) is 264 cm³/mol. The molecule has 3 nitrogen and oxygen atoms in total. The fourth-order valence-corrected chi connectivity index (χ4v) is 8.95. The third-order valence-electron chi connectivity index (χ3n) is 12.2. The van der Waals surface area contributed by atoms with Gasteiger partial charge < -0.3 is 14.2 Å². The smallest absolute Gasteiger partial charge is 0.135 e. The van der Waals surface area contributed by atoms with Crippen LogP contribution >= 0.6 is 0 Å². The highest BCUT2D eigenvalue weighted by atomic mass is 16.3. The minimum absolute atomic E-state index is 0.336. The summed E-state index contributed by atoms with van der Waals surface area (Å²) in [6.45, 7) is 0. The second-order valence-corrected chi connectivity index (χ2v) is 16.1. The highest BCUT2D eigenvalue weighted by Crippen LogP contribution is 2.43. The summed E-state index contributed by atoms with van der Waals surface area (Å²) >= 11 is 0. The molecule has 300 valence electrons. The molecule has 0 fully saturated rings. The molecule has 0 N–H and O–H groups in total. The Balaban J connectivity index is 1.00. The molecule has 10 aromatic rings. The van der Waals surface area contributed by atoms with Crippen molar-refractivity contribution in [2.75, 3.05) is 9.80 Å². The third-order valence-corrected chi connectivity index (χ3v) is 12.2. The Morgan fingerprint density at radius 2 is 0.714 bits per heavy atom. The monoisotopic (exact) mass is 808 g/mol. The topological polar surface area (TPSA) is 19.6 Å². The first kappa shape index (κ1) is 37.8. The molecule has 0 unspecified atom stereocenters. The summed E-state index contributed by atoms with van der Waals surface area (Å²) in [5.41, 5.74) is 16.7. The molecular weight excluding hydrogens is 765 g/mol. The Labute approximate surface area is 368 Å². The van der Waals surface area contributed by atoms with E-state index in [-0.39, 0.29) is 0 Å². The van der Waals surface area contributed by atoms with Crippen LogP contribution in [0.25, 0.3) is 55.3 Å². The standard InChI is InChI=1S/C60H44N2O/c1-5-13-43(14-6-1)47-21-29-51(30-22-47)61(52-31-23-48(24-32-52)44-15-7-2-8-16-44)55-37-39-59-57(41-55)58-42-56(38-40-60(58)63-59)62(53-33-25-49(26-34-53)45-17-9-3-10-18-45)54-35-27-50(28-36-54)46-19-11-4-12-20-46/h1-27,29-42,50H,28H2/t50-/m0/s1. The molecule has 63 heavy (non-hydrogen) atoms. The molecule has 0 saturated carbocycles. The molecular formula is C60H44N2O. The number of allylic oxidation sites excluding steroid dienone is 3. The Morgan fingerprint density at radius 1 is 0.349 bits per heavy atom. The molecule has 0 radical (unpaired) electrons. The Hall–Kier alpha value is -8.14. The summed E-state index contributed by atoms with van der Waals surface area (Å²) in [6, 6.07) is 82.3. The first-order valence-corrected chi connectivity index (χ1v) is 21.7. The van der Waals surface area contributed by atoms with Crippen LogP contribution in [0.1, 0.15) is 17.9 Å². The van der Waals surface area contributed by atoms with Gasteiger partial charge in [-0.05, 0) is 124 Å². The molecule has 3 heteroatoms. The van der Waals surface area contributed by atoms with Crippen molar-refractivity contribution in [2.45, 2.75) is 12.3 Å². The lowest BCUT2D eigenvalue weighted by Crippen LogP contribution is -2.17.